The number of hydrogen-bond donors (Lipinski definition) is 1. The van der Waals surface area contributed by atoms with Crippen LogP contribution in [-0.4, -0.2) is 18.7 Å². The lowest BCUT2D eigenvalue weighted by atomic mass is 10.2. The van der Waals surface area contributed by atoms with Gasteiger partial charge in [-0.3, -0.25) is 4.79 Å². The van der Waals surface area contributed by atoms with Crippen LogP contribution < -0.4 is 5.32 Å². The number of carbonyl (C=O) groups excluding carboxylic acids is 1. The third-order valence-electron chi connectivity index (χ3n) is 2.68. The highest BCUT2D eigenvalue weighted by atomic mass is 79.9. The molecule has 0 bridgehead atoms. The molecular formula is C16H15BrN2O2. The highest BCUT2D eigenvalue weighted by Crippen LogP contribution is 2.09. The minimum atomic E-state index is -0.244. The van der Waals surface area contributed by atoms with Crippen molar-refractivity contribution in [3.05, 3.63) is 64.1 Å². The average molecular weight is 347 g/mol. The number of aryl methyl sites for hydroxylation is 1. The normalized spacial score (nSPS) is 10.6. The van der Waals surface area contributed by atoms with Crippen molar-refractivity contribution >= 4 is 33.7 Å². The van der Waals surface area contributed by atoms with Crippen LogP contribution in [0.15, 0.2) is 58.2 Å². The summed E-state index contributed by atoms with van der Waals surface area (Å²) in [5, 5.41) is 6.50. The van der Waals surface area contributed by atoms with Gasteiger partial charge in [-0.2, -0.15) is 0 Å². The number of carbonyl (C=O) groups is 1. The molecule has 0 saturated carbocycles. The molecule has 2 aromatic carbocycles. The summed E-state index contributed by atoms with van der Waals surface area (Å²) in [7, 11) is 0. The molecule has 1 N–H and O–H groups in total. The van der Waals surface area contributed by atoms with Gasteiger partial charge < -0.3 is 10.2 Å². The van der Waals surface area contributed by atoms with Crippen LogP contribution in [0.25, 0.3) is 0 Å². The summed E-state index contributed by atoms with van der Waals surface area (Å²) >= 11 is 3.35. The topological polar surface area (TPSA) is 50.7 Å². The standard InChI is InChI=1S/C16H15BrN2O2/c1-12-2-8-15(9-3-12)19-16(20)11-21-18-10-13-4-6-14(17)7-5-13/h2-10H,11H2,1H3,(H,19,20)/b18-10-. The molecule has 2 rings (SSSR count). The minimum absolute atomic E-state index is 0.124. The van der Waals surface area contributed by atoms with Crippen LogP contribution in [0.5, 0.6) is 0 Å². The highest BCUT2D eigenvalue weighted by Gasteiger charge is 2.01. The van der Waals surface area contributed by atoms with Gasteiger partial charge in [0.25, 0.3) is 5.91 Å². The van der Waals surface area contributed by atoms with E-state index in [-0.39, 0.29) is 12.5 Å². The molecule has 0 spiro atoms. The molecule has 0 unspecified atom stereocenters. The first kappa shape index (κ1) is 15.3. The van der Waals surface area contributed by atoms with Gasteiger partial charge in [-0.05, 0) is 36.8 Å². The smallest absolute Gasteiger partial charge is 0.265 e. The zero-order chi connectivity index (χ0) is 15.1. The first-order valence-corrected chi connectivity index (χ1v) is 7.20. The molecule has 0 atom stereocenters. The lowest BCUT2D eigenvalue weighted by molar-refractivity contribution is -0.120. The van der Waals surface area contributed by atoms with E-state index in [0.717, 1.165) is 21.3 Å². The van der Waals surface area contributed by atoms with Crippen molar-refractivity contribution in [1.29, 1.82) is 0 Å². The Bertz CT molecular complexity index is 622. The van der Waals surface area contributed by atoms with Gasteiger partial charge in [0.2, 0.25) is 0 Å². The van der Waals surface area contributed by atoms with E-state index in [9.17, 15) is 4.79 Å². The van der Waals surface area contributed by atoms with Crippen molar-refractivity contribution in [1.82, 2.24) is 0 Å². The monoisotopic (exact) mass is 346 g/mol. The maximum absolute atomic E-state index is 11.6. The van der Waals surface area contributed by atoms with Gasteiger partial charge in [-0.25, -0.2) is 0 Å². The summed E-state index contributed by atoms with van der Waals surface area (Å²) in [5.74, 6) is -0.244. The van der Waals surface area contributed by atoms with Crippen molar-refractivity contribution in [3.8, 4) is 0 Å². The van der Waals surface area contributed by atoms with Crippen LogP contribution in [0.3, 0.4) is 0 Å². The number of rotatable bonds is 5. The van der Waals surface area contributed by atoms with Crippen molar-refractivity contribution in [3.63, 3.8) is 0 Å². The largest absolute Gasteiger partial charge is 0.386 e. The van der Waals surface area contributed by atoms with Crippen LogP contribution >= 0.6 is 15.9 Å². The third-order valence-corrected chi connectivity index (χ3v) is 3.21. The fraction of sp³-hybridized carbons (Fsp3) is 0.125. The Balaban J connectivity index is 1.76. The molecule has 5 heteroatoms. The van der Waals surface area contributed by atoms with Gasteiger partial charge >= 0.3 is 0 Å². The second kappa shape index (κ2) is 7.59. The molecule has 0 fully saturated rings. The van der Waals surface area contributed by atoms with Crippen LogP contribution in [0.2, 0.25) is 0 Å². The number of halogens is 1. The van der Waals surface area contributed by atoms with E-state index >= 15 is 0 Å². The molecule has 21 heavy (non-hydrogen) atoms. The van der Waals surface area contributed by atoms with E-state index in [1.807, 2.05) is 55.5 Å². The molecule has 2 aromatic rings. The van der Waals surface area contributed by atoms with Gasteiger partial charge in [0.15, 0.2) is 6.61 Å². The number of hydrogen-bond acceptors (Lipinski definition) is 3. The summed E-state index contributed by atoms with van der Waals surface area (Å²) < 4.78 is 0.998. The molecule has 0 heterocycles. The lowest BCUT2D eigenvalue weighted by Crippen LogP contribution is -2.16. The molecule has 0 aliphatic carbocycles. The molecule has 0 aliphatic heterocycles. The van der Waals surface area contributed by atoms with Crippen LogP contribution in [0.1, 0.15) is 11.1 Å². The summed E-state index contributed by atoms with van der Waals surface area (Å²) in [5.41, 5.74) is 2.78. The molecule has 108 valence electrons. The molecule has 1 amide bonds. The Morgan fingerprint density at radius 3 is 2.52 bits per heavy atom. The SMILES string of the molecule is Cc1ccc(NC(=O)CO/N=C\c2ccc(Br)cc2)cc1. The lowest BCUT2D eigenvalue weighted by Gasteiger charge is -2.04. The first-order valence-electron chi connectivity index (χ1n) is 6.41. The van der Waals surface area contributed by atoms with Crippen LogP contribution in [0, 0.1) is 6.92 Å². The number of nitrogens with one attached hydrogen (secondary N) is 1. The van der Waals surface area contributed by atoms with Crippen LogP contribution in [-0.2, 0) is 9.63 Å². The number of benzene rings is 2. The second-order valence-corrected chi connectivity index (χ2v) is 5.39. The highest BCUT2D eigenvalue weighted by molar-refractivity contribution is 9.10. The molecule has 4 nitrogen and oxygen atoms in total. The second-order valence-electron chi connectivity index (χ2n) is 4.47. The molecule has 0 aliphatic rings. The predicted molar refractivity (Wildman–Crippen MR) is 87.5 cm³/mol. The van der Waals surface area contributed by atoms with Gasteiger partial charge in [0.1, 0.15) is 0 Å². The Labute approximate surface area is 131 Å². The van der Waals surface area contributed by atoms with Gasteiger partial charge in [-0.15, -0.1) is 0 Å². The average Bonchev–Trinajstić information content (AvgIpc) is 2.48. The molecular weight excluding hydrogens is 332 g/mol. The van der Waals surface area contributed by atoms with Gasteiger partial charge in [0, 0.05) is 10.2 Å². The maximum atomic E-state index is 11.6. The van der Waals surface area contributed by atoms with Crippen molar-refractivity contribution in [2.75, 3.05) is 11.9 Å². The van der Waals surface area contributed by atoms with Crippen molar-refractivity contribution < 1.29 is 9.63 Å². The Hall–Kier alpha value is -2.14. The molecule has 0 saturated heterocycles. The Morgan fingerprint density at radius 2 is 1.86 bits per heavy atom. The number of oxime groups is 1. The maximum Gasteiger partial charge on any atom is 0.265 e. The Kier molecular flexibility index (Phi) is 5.51. The van der Waals surface area contributed by atoms with Gasteiger partial charge in [-0.1, -0.05) is 50.9 Å². The number of amides is 1. The van der Waals surface area contributed by atoms with Crippen molar-refractivity contribution in [2.24, 2.45) is 5.16 Å². The summed E-state index contributed by atoms with van der Waals surface area (Å²) in [4.78, 5) is 16.6. The van der Waals surface area contributed by atoms with E-state index in [1.165, 1.54) is 0 Å². The third kappa shape index (κ3) is 5.39. The van der Waals surface area contributed by atoms with Crippen molar-refractivity contribution in [2.45, 2.75) is 6.92 Å². The van der Waals surface area contributed by atoms with E-state index in [4.69, 9.17) is 4.84 Å². The Morgan fingerprint density at radius 1 is 1.19 bits per heavy atom. The van der Waals surface area contributed by atoms with E-state index in [1.54, 1.807) is 6.21 Å². The minimum Gasteiger partial charge on any atom is -0.386 e. The van der Waals surface area contributed by atoms with E-state index in [2.05, 4.69) is 26.4 Å². The fourth-order valence-electron chi connectivity index (χ4n) is 1.58. The summed E-state index contributed by atoms with van der Waals surface area (Å²) in [6, 6.07) is 15.2. The van der Waals surface area contributed by atoms with Gasteiger partial charge in [0.05, 0.1) is 6.21 Å². The predicted octanol–water partition coefficient (Wildman–Crippen LogP) is 3.75. The first-order chi connectivity index (χ1) is 10.1. The molecule has 0 aromatic heterocycles. The molecule has 0 radical (unpaired) electrons. The zero-order valence-corrected chi connectivity index (χ0v) is 13.1. The number of anilines is 1. The zero-order valence-electron chi connectivity index (χ0n) is 11.5. The van der Waals surface area contributed by atoms with Crippen LogP contribution in [0.4, 0.5) is 5.69 Å². The quantitative estimate of drug-likeness (QED) is 0.662. The fourth-order valence-corrected chi connectivity index (χ4v) is 1.84. The number of nitrogens with zero attached hydrogens (tertiary/aromatic N) is 1. The van der Waals surface area contributed by atoms with E-state index < -0.39 is 0 Å². The van der Waals surface area contributed by atoms with E-state index in [0.29, 0.717) is 0 Å². The summed E-state index contributed by atoms with van der Waals surface area (Å²) in [6.45, 7) is 1.87. The summed E-state index contributed by atoms with van der Waals surface area (Å²) in [6.07, 6.45) is 1.56.